The maximum atomic E-state index is 13.5. The molecule has 2 N–H and O–H groups in total. The largest absolute Gasteiger partial charge is 0.484 e. The van der Waals surface area contributed by atoms with Crippen molar-refractivity contribution in [2.24, 2.45) is 5.10 Å². The van der Waals surface area contributed by atoms with Gasteiger partial charge in [-0.05, 0) is 104 Å². The number of ether oxygens (including phenoxy) is 1. The van der Waals surface area contributed by atoms with Gasteiger partial charge in [0.1, 0.15) is 18.1 Å². The first-order valence-corrected chi connectivity index (χ1v) is 15.6. The zero-order valence-electron chi connectivity index (χ0n) is 23.4. The maximum Gasteiger partial charge on any atom is 0.264 e. The van der Waals surface area contributed by atoms with E-state index in [0.29, 0.717) is 22.7 Å². The molecule has 0 saturated carbocycles. The van der Waals surface area contributed by atoms with Crippen molar-refractivity contribution in [2.45, 2.75) is 16.7 Å². The van der Waals surface area contributed by atoms with Crippen LogP contribution in [0.15, 0.2) is 112 Å². The Kier molecular flexibility index (Phi) is 10.5. The Morgan fingerprint density at radius 1 is 0.907 bits per heavy atom. The second-order valence-corrected chi connectivity index (χ2v) is 12.0. The van der Waals surface area contributed by atoms with Crippen LogP contribution in [-0.2, 0) is 19.6 Å². The molecule has 0 unspecified atom stereocenters. The Morgan fingerprint density at radius 3 is 2.19 bits per heavy atom. The van der Waals surface area contributed by atoms with Gasteiger partial charge < -0.3 is 10.1 Å². The van der Waals surface area contributed by atoms with Gasteiger partial charge in [0.15, 0.2) is 6.61 Å². The molecule has 0 aliphatic rings. The number of aryl methyl sites for hydroxylation is 1. The Hall–Kier alpha value is -4.68. The minimum Gasteiger partial charge on any atom is -0.484 e. The summed E-state index contributed by atoms with van der Waals surface area (Å²) in [6, 6.07) is 25.3. The number of hydrazone groups is 1. The first kappa shape index (κ1) is 31.3. The van der Waals surface area contributed by atoms with Crippen LogP contribution in [0.5, 0.6) is 5.75 Å². The van der Waals surface area contributed by atoms with Crippen LogP contribution in [0.3, 0.4) is 0 Å². The van der Waals surface area contributed by atoms with Gasteiger partial charge in [-0.15, -0.1) is 11.8 Å². The first-order chi connectivity index (χ1) is 20.6. The normalized spacial score (nSPS) is 11.2. The maximum absolute atomic E-state index is 13.5. The molecule has 0 atom stereocenters. The molecule has 0 radical (unpaired) electrons. The van der Waals surface area contributed by atoms with Crippen LogP contribution in [0.4, 0.5) is 15.8 Å². The smallest absolute Gasteiger partial charge is 0.264 e. The fraction of sp³-hybridized carbons (Fsp3) is 0.129. The van der Waals surface area contributed by atoms with Crippen molar-refractivity contribution >= 4 is 51.2 Å². The number of rotatable bonds is 12. The van der Waals surface area contributed by atoms with Crippen molar-refractivity contribution in [1.82, 2.24) is 5.43 Å². The van der Waals surface area contributed by atoms with E-state index in [4.69, 9.17) is 4.74 Å². The number of halogens is 1. The van der Waals surface area contributed by atoms with Crippen molar-refractivity contribution in [1.29, 1.82) is 0 Å². The van der Waals surface area contributed by atoms with Crippen molar-refractivity contribution in [3.8, 4) is 5.75 Å². The van der Waals surface area contributed by atoms with Gasteiger partial charge in [0, 0.05) is 10.6 Å². The number of hydrogen-bond donors (Lipinski definition) is 2. The lowest BCUT2D eigenvalue weighted by Crippen LogP contribution is -2.39. The van der Waals surface area contributed by atoms with Crippen LogP contribution in [0.1, 0.15) is 11.1 Å². The second-order valence-electron chi connectivity index (χ2n) is 9.23. The standard InChI is InChI=1S/C31H29FN4O5S2/c1-22-3-11-26(12-4-22)36(43(39,40)29-17-15-28(42-2)16-18-29)20-30(37)35-33-19-23-5-13-27(14-6-23)41-21-31(38)34-25-9-7-24(32)8-10-25/h3-19H,20-21H2,1-2H3,(H,34,38)(H,35,37)/b33-19-. The molecule has 0 aromatic heterocycles. The van der Waals surface area contributed by atoms with E-state index >= 15 is 0 Å². The number of nitrogens with one attached hydrogen (secondary N) is 2. The lowest BCUT2D eigenvalue weighted by atomic mass is 10.2. The molecule has 222 valence electrons. The molecule has 4 aromatic rings. The van der Waals surface area contributed by atoms with Crippen LogP contribution in [-0.4, -0.2) is 45.9 Å². The highest BCUT2D eigenvalue weighted by atomic mass is 32.2. The van der Waals surface area contributed by atoms with Crippen molar-refractivity contribution < 1.29 is 27.1 Å². The Labute approximate surface area is 253 Å². The minimum absolute atomic E-state index is 0.0671. The van der Waals surface area contributed by atoms with E-state index < -0.39 is 34.2 Å². The SMILES string of the molecule is CSc1ccc(S(=O)(=O)N(CC(=O)N/N=C\c2ccc(OCC(=O)Nc3ccc(F)cc3)cc2)c2ccc(C)cc2)cc1. The topological polar surface area (TPSA) is 117 Å². The molecule has 12 heteroatoms. The molecule has 9 nitrogen and oxygen atoms in total. The predicted molar refractivity (Wildman–Crippen MR) is 167 cm³/mol. The number of sulfonamides is 1. The highest BCUT2D eigenvalue weighted by molar-refractivity contribution is 7.98. The summed E-state index contributed by atoms with van der Waals surface area (Å²) in [6.07, 6.45) is 3.30. The van der Waals surface area contributed by atoms with Gasteiger partial charge in [-0.3, -0.25) is 13.9 Å². The molecular weight excluding hydrogens is 591 g/mol. The molecule has 0 spiro atoms. The summed E-state index contributed by atoms with van der Waals surface area (Å²) >= 11 is 1.50. The van der Waals surface area contributed by atoms with Crippen LogP contribution >= 0.6 is 11.8 Å². The van der Waals surface area contributed by atoms with E-state index in [1.165, 1.54) is 54.4 Å². The van der Waals surface area contributed by atoms with Gasteiger partial charge in [0.25, 0.3) is 21.8 Å². The Bertz CT molecular complexity index is 1680. The average Bonchev–Trinajstić information content (AvgIpc) is 3.01. The van der Waals surface area contributed by atoms with E-state index in [-0.39, 0.29) is 11.5 Å². The van der Waals surface area contributed by atoms with Gasteiger partial charge >= 0.3 is 0 Å². The van der Waals surface area contributed by atoms with Gasteiger partial charge in [0.05, 0.1) is 16.8 Å². The van der Waals surface area contributed by atoms with E-state index in [9.17, 15) is 22.4 Å². The molecule has 4 aromatic carbocycles. The number of thioether (sulfide) groups is 1. The van der Waals surface area contributed by atoms with E-state index in [1.807, 2.05) is 13.2 Å². The number of benzene rings is 4. The third kappa shape index (κ3) is 8.90. The Morgan fingerprint density at radius 2 is 1.56 bits per heavy atom. The molecule has 0 fully saturated rings. The number of nitrogens with zero attached hydrogens (tertiary/aromatic N) is 2. The summed E-state index contributed by atoms with van der Waals surface area (Å²) < 4.78 is 46.6. The number of hydrogen-bond acceptors (Lipinski definition) is 7. The van der Waals surface area contributed by atoms with Crippen LogP contribution in [0, 0.1) is 12.7 Å². The third-order valence-corrected chi connectivity index (χ3v) is 8.57. The molecule has 0 aliphatic carbocycles. The molecule has 4 rings (SSSR count). The molecule has 0 aliphatic heterocycles. The monoisotopic (exact) mass is 620 g/mol. The van der Waals surface area contributed by atoms with Crippen molar-refractivity contribution in [3.05, 3.63) is 114 Å². The van der Waals surface area contributed by atoms with E-state index in [2.05, 4.69) is 15.8 Å². The quantitative estimate of drug-likeness (QED) is 0.127. The molecule has 0 saturated heterocycles. The lowest BCUT2D eigenvalue weighted by Gasteiger charge is -2.24. The summed E-state index contributed by atoms with van der Waals surface area (Å²) in [5.41, 5.74) is 4.75. The summed E-state index contributed by atoms with van der Waals surface area (Å²) in [4.78, 5) is 25.8. The van der Waals surface area contributed by atoms with Crippen LogP contribution < -0.4 is 19.8 Å². The molecule has 43 heavy (non-hydrogen) atoms. The van der Waals surface area contributed by atoms with Crippen molar-refractivity contribution in [3.63, 3.8) is 0 Å². The van der Waals surface area contributed by atoms with Crippen molar-refractivity contribution in [2.75, 3.05) is 29.0 Å². The summed E-state index contributed by atoms with van der Waals surface area (Å²) in [6.45, 7) is 1.15. The Balaban J connectivity index is 1.35. The molecule has 0 bridgehead atoms. The fourth-order valence-corrected chi connectivity index (χ4v) is 5.60. The highest BCUT2D eigenvalue weighted by Gasteiger charge is 2.27. The van der Waals surface area contributed by atoms with E-state index in [0.717, 1.165) is 14.8 Å². The number of carbonyl (C=O) groups is 2. The number of carbonyl (C=O) groups excluding carboxylic acids is 2. The first-order valence-electron chi connectivity index (χ1n) is 13.0. The van der Waals surface area contributed by atoms with E-state index in [1.54, 1.807) is 60.7 Å². The predicted octanol–water partition coefficient (Wildman–Crippen LogP) is 5.22. The number of amides is 2. The van der Waals surface area contributed by atoms with Crippen LogP contribution in [0.25, 0.3) is 0 Å². The zero-order chi connectivity index (χ0) is 30.8. The second kappa shape index (κ2) is 14.5. The summed E-state index contributed by atoms with van der Waals surface area (Å²) in [7, 11) is -4.05. The highest BCUT2D eigenvalue weighted by Crippen LogP contribution is 2.25. The summed E-state index contributed by atoms with van der Waals surface area (Å²) in [5, 5.41) is 6.56. The number of anilines is 2. The fourth-order valence-electron chi connectivity index (χ4n) is 3.77. The third-order valence-electron chi connectivity index (χ3n) is 6.04. The van der Waals surface area contributed by atoms with Crippen LogP contribution in [0.2, 0.25) is 0 Å². The molecule has 2 amide bonds. The van der Waals surface area contributed by atoms with Gasteiger partial charge in [-0.25, -0.2) is 18.2 Å². The molecular formula is C31H29FN4O5S2. The lowest BCUT2D eigenvalue weighted by molar-refractivity contribution is -0.119. The average molecular weight is 621 g/mol. The molecule has 0 heterocycles. The van der Waals surface area contributed by atoms with Gasteiger partial charge in [0.2, 0.25) is 0 Å². The minimum atomic E-state index is -4.05. The van der Waals surface area contributed by atoms with Gasteiger partial charge in [-0.1, -0.05) is 17.7 Å². The summed E-state index contributed by atoms with van der Waals surface area (Å²) in [5.74, 6) is -1.01. The van der Waals surface area contributed by atoms with Gasteiger partial charge in [-0.2, -0.15) is 5.10 Å². The zero-order valence-corrected chi connectivity index (χ0v) is 25.0.